The minimum Gasteiger partial charge on any atom is -0.396 e. The molecule has 0 aliphatic heterocycles. The molecule has 1 aromatic heterocycles. The second kappa shape index (κ2) is 4.85. The van der Waals surface area contributed by atoms with Crippen LogP contribution in [0.1, 0.15) is 12.1 Å². The summed E-state index contributed by atoms with van der Waals surface area (Å²) in [6.07, 6.45) is 3.12. The van der Waals surface area contributed by atoms with Crippen molar-refractivity contribution in [2.75, 3.05) is 6.61 Å². The minimum absolute atomic E-state index is 0.0184. The Morgan fingerprint density at radius 3 is 2.92 bits per heavy atom. The van der Waals surface area contributed by atoms with Crippen LogP contribution in [0.5, 0.6) is 0 Å². The standard InChI is InChI=1S/C9H14N2O/c10-8(4-6-12)7-9-3-1-2-5-11-9/h1-3,5,8,12H,4,6-7,10H2/t8-/m0/s1. The lowest BCUT2D eigenvalue weighted by molar-refractivity contribution is 0.275. The van der Waals surface area contributed by atoms with Crippen molar-refractivity contribution >= 4 is 0 Å². The number of nitrogens with two attached hydrogens (primary N) is 1. The first-order chi connectivity index (χ1) is 5.83. The Hall–Kier alpha value is -0.930. The van der Waals surface area contributed by atoms with Crippen LogP contribution in [0.4, 0.5) is 0 Å². The molecule has 0 spiro atoms. The molecule has 0 aliphatic rings. The third-order valence-corrected chi connectivity index (χ3v) is 1.70. The summed E-state index contributed by atoms with van der Waals surface area (Å²) in [5.74, 6) is 0. The molecule has 3 heteroatoms. The summed E-state index contributed by atoms with van der Waals surface area (Å²) in [6, 6.07) is 5.77. The van der Waals surface area contributed by atoms with Gasteiger partial charge in [-0.05, 0) is 18.6 Å². The van der Waals surface area contributed by atoms with Gasteiger partial charge in [0.15, 0.2) is 0 Å². The third-order valence-electron chi connectivity index (χ3n) is 1.70. The fourth-order valence-corrected chi connectivity index (χ4v) is 1.06. The van der Waals surface area contributed by atoms with Gasteiger partial charge in [0.1, 0.15) is 0 Å². The molecule has 1 aromatic rings. The fourth-order valence-electron chi connectivity index (χ4n) is 1.06. The van der Waals surface area contributed by atoms with Gasteiger partial charge in [0.2, 0.25) is 0 Å². The molecule has 0 saturated heterocycles. The highest BCUT2D eigenvalue weighted by Gasteiger charge is 2.02. The third kappa shape index (κ3) is 2.98. The molecule has 0 aliphatic carbocycles. The predicted octanol–water partition coefficient (Wildman–Crippen LogP) is 0.334. The Kier molecular flexibility index (Phi) is 3.70. The van der Waals surface area contributed by atoms with Crippen molar-refractivity contribution in [1.82, 2.24) is 4.98 Å². The lowest BCUT2D eigenvalue weighted by Crippen LogP contribution is -2.24. The van der Waals surface area contributed by atoms with Crippen LogP contribution in [0.3, 0.4) is 0 Å². The van der Waals surface area contributed by atoms with Crippen molar-refractivity contribution in [2.24, 2.45) is 5.73 Å². The van der Waals surface area contributed by atoms with E-state index in [1.54, 1.807) is 6.20 Å². The summed E-state index contributed by atoms with van der Waals surface area (Å²) >= 11 is 0. The second-order valence-corrected chi connectivity index (χ2v) is 2.80. The molecular weight excluding hydrogens is 152 g/mol. The smallest absolute Gasteiger partial charge is 0.0445 e. The van der Waals surface area contributed by atoms with Gasteiger partial charge < -0.3 is 10.8 Å². The molecule has 3 N–H and O–H groups in total. The van der Waals surface area contributed by atoms with Gasteiger partial charge >= 0.3 is 0 Å². The van der Waals surface area contributed by atoms with E-state index in [-0.39, 0.29) is 12.6 Å². The first-order valence-corrected chi connectivity index (χ1v) is 4.09. The molecule has 1 rings (SSSR count). The van der Waals surface area contributed by atoms with Crippen LogP contribution in [0, 0.1) is 0 Å². The van der Waals surface area contributed by atoms with E-state index in [0.29, 0.717) is 6.42 Å². The molecule has 0 radical (unpaired) electrons. The molecule has 0 saturated carbocycles. The number of aliphatic hydroxyl groups excluding tert-OH is 1. The average molecular weight is 166 g/mol. The topological polar surface area (TPSA) is 59.1 Å². The van der Waals surface area contributed by atoms with Crippen LogP contribution in [0.25, 0.3) is 0 Å². The molecule has 12 heavy (non-hydrogen) atoms. The molecule has 66 valence electrons. The number of rotatable bonds is 4. The molecule has 1 atom stereocenters. The summed E-state index contributed by atoms with van der Waals surface area (Å²) < 4.78 is 0. The van der Waals surface area contributed by atoms with Gasteiger partial charge in [-0.2, -0.15) is 0 Å². The number of nitrogens with zero attached hydrogens (tertiary/aromatic N) is 1. The van der Waals surface area contributed by atoms with Gasteiger partial charge in [-0.15, -0.1) is 0 Å². The average Bonchev–Trinajstić information content (AvgIpc) is 2.06. The van der Waals surface area contributed by atoms with E-state index in [2.05, 4.69) is 4.98 Å². The Morgan fingerprint density at radius 1 is 1.50 bits per heavy atom. The van der Waals surface area contributed by atoms with Gasteiger partial charge in [-0.1, -0.05) is 6.07 Å². The van der Waals surface area contributed by atoms with Crippen molar-refractivity contribution in [1.29, 1.82) is 0 Å². The van der Waals surface area contributed by atoms with E-state index < -0.39 is 0 Å². The molecular formula is C9H14N2O. The first-order valence-electron chi connectivity index (χ1n) is 4.09. The van der Waals surface area contributed by atoms with Crippen LogP contribution >= 0.6 is 0 Å². The van der Waals surface area contributed by atoms with Crippen molar-refractivity contribution in [3.63, 3.8) is 0 Å². The van der Waals surface area contributed by atoms with Crippen molar-refractivity contribution in [3.8, 4) is 0 Å². The minimum atomic E-state index is 0.0184. The molecule has 0 amide bonds. The number of aliphatic hydroxyl groups is 1. The SMILES string of the molecule is N[C@@H](CCO)Cc1ccccn1. The maximum absolute atomic E-state index is 8.61. The molecule has 0 fully saturated rings. The fraction of sp³-hybridized carbons (Fsp3) is 0.444. The number of pyridine rings is 1. The van der Waals surface area contributed by atoms with Gasteiger partial charge in [0.05, 0.1) is 0 Å². The van der Waals surface area contributed by atoms with Crippen molar-refractivity contribution in [2.45, 2.75) is 18.9 Å². The number of aromatic nitrogens is 1. The molecule has 3 nitrogen and oxygen atoms in total. The van der Waals surface area contributed by atoms with E-state index in [0.717, 1.165) is 12.1 Å². The zero-order valence-electron chi connectivity index (χ0n) is 6.98. The van der Waals surface area contributed by atoms with Gasteiger partial charge in [-0.3, -0.25) is 4.98 Å². The summed E-state index contributed by atoms with van der Waals surface area (Å²) in [7, 11) is 0. The highest BCUT2D eigenvalue weighted by Crippen LogP contribution is 1.99. The van der Waals surface area contributed by atoms with Crippen LogP contribution < -0.4 is 5.73 Å². The Balaban J connectivity index is 2.41. The Labute approximate surface area is 72.2 Å². The zero-order chi connectivity index (χ0) is 8.81. The molecule has 0 aromatic carbocycles. The monoisotopic (exact) mass is 166 g/mol. The van der Waals surface area contributed by atoms with Crippen LogP contribution in [-0.2, 0) is 6.42 Å². The maximum Gasteiger partial charge on any atom is 0.0445 e. The van der Waals surface area contributed by atoms with Crippen LogP contribution in [0.2, 0.25) is 0 Å². The molecule has 0 bridgehead atoms. The Morgan fingerprint density at radius 2 is 2.33 bits per heavy atom. The van der Waals surface area contributed by atoms with Crippen molar-refractivity contribution in [3.05, 3.63) is 30.1 Å². The van der Waals surface area contributed by atoms with Crippen LogP contribution in [0.15, 0.2) is 24.4 Å². The highest BCUT2D eigenvalue weighted by atomic mass is 16.3. The van der Waals surface area contributed by atoms with E-state index >= 15 is 0 Å². The second-order valence-electron chi connectivity index (χ2n) is 2.80. The quantitative estimate of drug-likeness (QED) is 0.677. The summed E-state index contributed by atoms with van der Waals surface area (Å²) in [6.45, 7) is 0.147. The van der Waals surface area contributed by atoms with E-state index in [9.17, 15) is 0 Å². The summed E-state index contributed by atoms with van der Waals surface area (Å²) in [5.41, 5.74) is 6.70. The highest BCUT2D eigenvalue weighted by molar-refractivity contribution is 5.04. The normalized spacial score (nSPS) is 12.8. The lowest BCUT2D eigenvalue weighted by atomic mass is 10.1. The van der Waals surface area contributed by atoms with Gasteiger partial charge in [0.25, 0.3) is 0 Å². The maximum atomic E-state index is 8.61. The number of hydrogen-bond acceptors (Lipinski definition) is 3. The van der Waals surface area contributed by atoms with E-state index in [1.807, 2.05) is 18.2 Å². The molecule has 1 heterocycles. The largest absolute Gasteiger partial charge is 0.396 e. The van der Waals surface area contributed by atoms with Gasteiger partial charge in [-0.25, -0.2) is 0 Å². The lowest BCUT2D eigenvalue weighted by Gasteiger charge is -2.07. The summed E-state index contributed by atoms with van der Waals surface area (Å²) in [5, 5.41) is 8.61. The van der Waals surface area contributed by atoms with E-state index in [1.165, 1.54) is 0 Å². The molecule has 0 unspecified atom stereocenters. The Bertz CT molecular complexity index is 213. The summed E-state index contributed by atoms with van der Waals surface area (Å²) in [4.78, 5) is 4.14. The van der Waals surface area contributed by atoms with E-state index in [4.69, 9.17) is 10.8 Å². The number of hydrogen-bond donors (Lipinski definition) is 2. The van der Waals surface area contributed by atoms with Crippen molar-refractivity contribution < 1.29 is 5.11 Å². The first kappa shape index (κ1) is 9.16. The zero-order valence-corrected chi connectivity index (χ0v) is 6.98. The van der Waals surface area contributed by atoms with Crippen LogP contribution in [-0.4, -0.2) is 22.7 Å². The predicted molar refractivity (Wildman–Crippen MR) is 47.6 cm³/mol. The van der Waals surface area contributed by atoms with Gasteiger partial charge in [0, 0.05) is 31.0 Å².